The third kappa shape index (κ3) is 4.91. The first-order chi connectivity index (χ1) is 12.1. The van der Waals surface area contributed by atoms with Gasteiger partial charge >= 0.3 is 5.97 Å². The van der Waals surface area contributed by atoms with E-state index in [9.17, 15) is 9.59 Å². The van der Waals surface area contributed by atoms with Crippen molar-refractivity contribution in [2.45, 2.75) is 45.8 Å². The quantitative estimate of drug-likeness (QED) is 0.766. The molecule has 1 heterocycles. The maximum Gasteiger partial charge on any atom is 0.326 e. The lowest BCUT2D eigenvalue weighted by Gasteiger charge is -2.39. The summed E-state index contributed by atoms with van der Waals surface area (Å²) < 4.78 is 5.44. The summed E-state index contributed by atoms with van der Waals surface area (Å²) in [6.45, 7) is 9.13. The first kappa shape index (κ1) is 19.6. The van der Waals surface area contributed by atoms with Gasteiger partial charge < -0.3 is 9.64 Å². The van der Waals surface area contributed by atoms with Crippen molar-refractivity contribution >= 4 is 11.9 Å². The average Bonchev–Trinajstić information content (AvgIpc) is 2.59. The maximum atomic E-state index is 13.2. The number of hydrogen-bond donors (Lipinski definition) is 0. The smallest absolute Gasteiger partial charge is 0.326 e. The minimum atomic E-state index is -0.696. The summed E-state index contributed by atoms with van der Waals surface area (Å²) in [7, 11) is 0. The van der Waals surface area contributed by atoms with E-state index in [4.69, 9.17) is 4.74 Å². The summed E-state index contributed by atoms with van der Waals surface area (Å²) in [4.78, 5) is 31.1. The molecule has 0 bridgehead atoms. The Morgan fingerprint density at radius 3 is 2.08 bits per heavy atom. The van der Waals surface area contributed by atoms with Crippen molar-refractivity contribution in [2.75, 3.05) is 6.54 Å². The van der Waals surface area contributed by atoms with Crippen molar-refractivity contribution in [2.24, 2.45) is 0 Å². The molecule has 0 N–H and O–H groups in total. The topological polar surface area (TPSA) is 59.5 Å². The second-order valence-corrected chi connectivity index (χ2v) is 7.64. The Morgan fingerprint density at radius 2 is 1.54 bits per heavy atom. The van der Waals surface area contributed by atoms with Crippen LogP contribution in [-0.2, 0) is 15.1 Å². The van der Waals surface area contributed by atoms with E-state index in [1.807, 2.05) is 65.0 Å². The predicted molar refractivity (Wildman–Crippen MR) is 101 cm³/mol. The predicted octanol–water partition coefficient (Wildman–Crippen LogP) is 3.80. The molecule has 0 aliphatic rings. The van der Waals surface area contributed by atoms with Gasteiger partial charge in [0.05, 0.1) is 5.54 Å². The van der Waals surface area contributed by atoms with Crippen molar-refractivity contribution < 1.29 is 14.3 Å². The largest absolute Gasteiger partial charge is 0.459 e. The van der Waals surface area contributed by atoms with Gasteiger partial charge in [0.25, 0.3) is 5.91 Å². The van der Waals surface area contributed by atoms with Gasteiger partial charge in [0.15, 0.2) is 0 Å². The molecule has 2 aromatic rings. The van der Waals surface area contributed by atoms with Gasteiger partial charge in [0.1, 0.15) is 12.1 Å². The third-order valence-corrected chi connectivity index (χ3v) is 4.03. The molecule has 1 aromatic heterocycles. The molecule has 2 rings (SSSR count). The first-order valence-electron chi connectivity index (χ1n) is 8.60. The number of amides is 1. The summed E-state index contributed by atoms with van der Waals surface area (Å²) in [5.41, 5.74) is 0.108. The van der Waals surface area contributed by atoms with E-state index in [0.717, 1.165) is 5.56 Å². The molecule has 0 saturated carbocycles. The molecule has 0 radical (unpaired) electrons. The first-order valence-corrected chi connectivity index (χ1v) is 8.60. The zero-order chi connectivity index (χ0) is 19.4. The molecule has 0 spiro atoms. The molecule has 138 valence electrons. The van der Waals surface area contributed by atoms with E-state index in [1.54, 1.807) is 29.4 Å². The van der Waals surface area contributed by atoms with Crippen LogP contribution in [0.15, 0.2) is 54.9 Å². The van der Waals surface area contributed by atoms with Gasteiger partial charge in [-0.2, -0.15) is 0 Å². The van der Waals surface area contributed by atoms with Crippen LogP contribution in [0.5, 0.6) is 0 Å². The summed E-state index contributed by atoms with van der Waals surface area (Å²) in [6.07, 6.45) is 3.13. The third-order valence-electron chi connectivity index (χ3n) is 4.03. The van der Waals surface area contributed by atoms with E-state index < -0.39 is 17.1 Å². The molecule has 0 fully saturated rings. The second-order valence-electron chi connectivity index (χ2n) is 7.64. The van der Waals surface area contributed by atoms with Gasteiger partial charge in [0.2, 0.25) is 0 Å². The van der Waals surface area contributed by atoms with Gasteiger partial charge in [-0.3, -0.25) is 14.6 Å². The van der Waals surface area contributed by atoms with E-state index >= 15 is 0 Å². The number of hydrogen-bond acceptors (Lipinski definition) is 4. The number of benzene rings is 1. The van der Waals surface area contributed by atoms with E-state index in [-0.39, 0.29) is 12.5 Å². The molecule has 26 heavy (non-hydrogen) atoms. The van der Waals surface area contributed by atoms with Crippen LogP contribution in [0, 0.1) is 0 Å². The van der Waals surface area contributed by atoms with E-state index in [2.05, 4.69) is 4.98 Å². The zero-order valence-corrected chi connectivity index (χ0v) is 16.0. The van der Waals surface area contributed by atoms with Gasteiger partial charge in [0, 0.05) is 18.0 Å². The Morgan fingerprint density at radius 1 is 0.962 bits per heavy atom. The van der Waals surface area contributed by atoms with Gasteiger partial charge in [-0.25, -0.2) is 0 Å². The highest BCUT2D eigenvalue weighted by molar-refractivity contribution is 5.96. The minimum Gasteiger partial charge on any atom is -0.459 e. The number of nitrogens with zero attached hydrogens (tertiary/aromatic N) is 2. The van der Waals surface area contributed by atoms with Crippen LogP contribution in [0.1, 0.15) is 50.5 Å². The van der Waals surface area contributed by atoms with Crippen LogP contribution in [0.2, 0.25) is 0 Å². The summed E-state index contributed by atoms with van der Waals surface area (Å²) in [6, 6.07) is 12.9. The number of carbonyl (C=O) groups is 2. The minimum absolute atomic E-state index is 0.139. The monoisotopic (exact) mass is 354 g/mol. The highest BCUT2D eigenvalue weighted by atomic mass is 16.6. The van der Waals surface area contributed by atoms with Crippen molar-refractivity contribution in [1.29, 1.82) is 0 Å². The second kappa shape index (κ2) is 7.68. The number of rotatable bonds is 5. The van der Waals surface area contributed by atoms with Crippen molar-refractivity contribution in [3.8, 4) is 0 Å². The lowest BCUT2D eigenvalue weighted by atomic mass is 9.91. The van der Waals surface area contributed by atoms with Gasteiger partial charge in [-0.05, 0) is 52.3 Å². The number of aromatic nitrogens is 1. The van der Waals surface area contributed by atoms with Gasteiger partial charge in [-0.15, -0.1) is 0 Å². The molecular formula is C21H26N2O3. The fraction of sp³-hybridized carbons (Fsp3) is 0.381. The molecular weight excluding hydrogens is 328 g/mol. The standard InChI is InChI=1S/C21H26N2O3/c1-20(2,3)26-18(24)15-23(19(25)16-11-13-22-14-12-16)21(4,5)17-9-7-6-8-10-17/h6-14H,15H2,1-5H3. The normalized spacial score (nSPS) is 11.7. The SMILES string of the molecule is CC(C)(C)OC(=O)CN(C(=O)c1ccncc1)C(C)(C)c1ccccc1. The molecule has 0 aliphatic heterocycles. The fourth-order valence-electron chi connectivity index (χ4n) is 2.68. The van der Waals surface area contributed by atoms with Crippen molar-refractivity contribution in [3.63, 3.8) is 0 Å². The highest BCUT2D eigenvalue weighted by Gasteiger charge is 2.35. The molecule has 0 unspecified atom stereocenters. The van der Waals surface area contributed by atoms with Crippen LogP contribution in [-0.4, -0.2) is 33.9 Å². The zero-order valence-electron chi connectivity index (χ0n) is 16.0. The lowest BCUT2D eigenvalue weighted by molar-refractivity contribution is -0.156. The Hall–Kier alpha value is -2.69. The molecule has 0 aliphatic carbocycles. The number of carbonyl (C=O) groups excluding carboxylic acids is 2. The Kier molecular flexibility index (Phi) is 5.80. The number of ether oxygens (including phenoxy) is 1. The van der Waals surface area contributed by atoms with Crippen LogP contribution in [0.25, 0.3) is 0 Å². The fourth-order valence-corrected chi connectivity index (χ4v) is 2.68. The van der Waals surface area contributed by atoms with E-state index in [0.29, 0.717) is 5.56 Å². The summed E-state index contributed by atoms with van der Waals surface area (Å²) in [5.74, 6) is -0.684. The molecule has 5 nitrogen and oxygen atoms in total. The highest BCUT2D eigenvalue weighted by Crippen LogP contribution is 2.29. The summed E-state index contributed by atoms with van der Waals surface area (Å²) in [5, 5.41) is 0. The number of esters is 1. The Balaban J connectivity index is 2.38. The maximum absolute atomic E-state index is 13.2. The average molecular weight is 354 g/mol. The van der Waals surface area contributed by atoms with Crippen LogP contribution >= 0.6 is 0 Å². The number of pyridine rings is 1. The molecule has 0 atom stereocenters. The molecule has 0 saturated heterocycles. The van der Waals surface area contributed by atoms with Crippen molar-refractivity contribution in [3.05, 3.63) is 66.0 Å². The van der Waals surface area contributed by atoms with Crippen LogP contribution < -0.4 is 0 Å². The lowest BCUT2D eigenvalue weighted by Crippen LogP contribution is -2.49. The van der Waals surface area contributed by atoms with Crippen molar-refractivity contribution in [1.82, 2.24) is 9.88 Å². The molecule has 1 aromatic carbocycles. The summed E-state index contributed by atoms with van der Waals surface area (Å²) >= 11 is 0. The Labute approximate surface area is 155 Å². The Bertz CT molecular complexity index is 750. The van der Waals surface area contributed by atoms with Gasteiger partial charge in [-0.1, -0.05) is 30.3 Å². The van der Waals surface area contributed by atoms with E-state index in [1.165, 1.54) is 0 Å². The molecule has 5 heteroatoms. The van der Waals surface area contributed by atoms with Crippen LogP contribution in [0.3, 0.4) is 0 Å². The molecule has 1 amide bonds. The van der Waals surface area contributed by atoms with Crippen LogP contribution in [0.4, 0.5) is 0 Å².